The number of hydrogen-bond acceptors (Lipinski definition) is 3. The summed E-state index contributed by atoms with van der Waals surface area (Å²) in [5, 5.41) is 12.0. The number of urea groups is 1. The van der Waals surface area contributed by atoms with Gasteiger partial charge in [0.15, 0.2) is 0 Å². The predicted molar refractivity (Wildman–Crippen MR) is 75.6 cm³/mol. The maximum atomic E-state index is 12.0. The van der Waals surface area contributed by atoms with Crippen molar-refractivity contribution in [2.45, 2.75) is 26.2 Å². The SMILES string of the molecule is CC1CN(C(=O)NCCCN2CCCC2)CC1C(=O)O. The lowest BCUT2D eigenvalue weighted by Crippen LogP contribution is -2.40. The molecule has 6 heteroatoms. The Morgan fingerprint density at radius 2 is 1.95 bits per heavy atom. The van der Waals surface area contributed by atoms with Gasteiger partial charge in [-0.25, -0.2) is 4.79 Å². The van der Waals surface area contributed by atoms with E-state index < -0.39 is 11.9 Å². The van der Waals surface area contributed by atoms with E-state index in [1.54, 1.807) is 4.90 Å². The van der Waals surface area contributed by atoms with Crippen molar-refractivity contribution in [3.05, 3.63) is 0 Å². The summed E-state index contributed by atoms with van der Waals surface area (Å²) in [5.74, 6) is -1.20. The summed E-state index contributed by atoms with van der Waals surface area (Å²) in [6, 6.07) is -0.123. The smallest absolute Gasteiger partial charge is 0.317 e. The molecule has 0 spiro atoms. The summed E-state index contributed by atoms with van der Waals surface area (Å²) in [7, 11) is 0. The fraction of sp³-hybridized carbons (Fsp3) is 0.857. The van der Waals surface area contributed by atoms with Crippen LogP contribution >= 0.6 is 0 Å². The number of carbonyl (C=O) groups is 2. The molecule has 2 aliphatic rings. The minimum atomic E-state index is -0.804. The van der Waals surface area contributed by atoms with Gasteiger partial charge in [-0.05, 0) is 44.8 Å². The summed E-state index contributed by atoms with van der Waals surface area (Å²) < 4.78 is 0. The number of hydrogen-bond donors (Lipinski definition) is 2. The number of aliphatic carboxylic acids is 1. The Morgan fingerprint density at radius 1 is 1.25 bits per heavy atom. The van der Waals surface area contributed by atoms with Gasteiger partial charge >= 0.3 is 12.0 Å². The fourth-order valence-corrected chi connectivity index (χ4v) is 3.07. The van der Waals surface area contributed by atoms with Crippen molar-refractivity contribution in [1.82, 2.24) is 15.1 Å². The van der Waals surface area contributed by atoms with E-state index in [0.29, 0.717) is 19.6 Å². The normalized spacial score (nSPS) is 26.9. The first-order valence-electron chi connectivity index (χ1n) is 7.56. The topological polar surface area (TPSA) is 72.9 Å². The molecule has 0 bridgehead atoms. The summed E-state index contributed by atoms with van der Waals surface area (Å²) in [6.07, 6.45) is 3.53. The zero-order valence-corrected chi connectivity index (χ0v) is 12.2. The van der Waals surface area contributed by atoms with Crippen molar-refractivity contribution < 1.29 is 14.7 Å². The molecule has 0 aliphatic carbocycles. The Bertz CT molecular complexity index is 356. The minimum absolute atomic E-state index is 0.0304. The molecule has 0 saturated carbocycles. The van der Waals surface area contributed by atoms with E-state index in [1.165, 1.54) is 25.9 Å². The standard InChI is InChI=1S/C14H25N3O3/c1-11-9-17(10-12(11)13(18)19)14(20)15-5-4-8-16-6-2-3-7-16/h11-12H,2-10H2,1H3,(H,15,20)(H,18,19). The molecule has 2 fully saturated rings. The average molecular weight is 283 g/mol. The largest absolute Gasteiger partial charge is 0.481 e. The van der Waals surface area contributed by atoms with Crippen molar-refractivity contribution >= 4 is 12.0 Å². The van der Waals surface area contributed by atoms with E-state index in [1.807, 2.05) is 6.92 Å². The van der Waals surface area contributed by atoms with E-state index in [-0.39, 0.29) is 11.9 Å². The van der Waals surface area contributed by atoms with Gasteiger partial charge in [0.1, 0.15) is 0 Å². The maximum absolute atomic E-state index is 12.0. The summed E-state index contributed by atoms with van der Waals surface area (Å²) in [4.78, 5) is 27.0. The second kappa shape index (κ2) is 6.92. The summed E-state index contributed by atoms with van der Waals surface area (Å²) in [5.41, 5.74) is 0. The zero-order valence-electron chi connectivity index (χ0n) is 12.2. The van der Waals surface area contributed by atoms with Gasteiger partial charge in [-0.2, -0.15) is 0 Å². The Labute approximate surface area is 120 Å². The van der Waals surface area contributed by atoms with Gasteiger partial charge in [0, 0.05) is 19.6 Å². The third-order valence-electron chi connectivity index (χ3n) is 4.34. The average Bonchev–Trinajstić information content (AvgIpc) is 3.03. The maximum Gasteiger partial charge on any atom is 0.317 e. The van der Waals surface area contributed by atoms with Crippen molar-refractivity contribution in [1.29, 1.82) is 0 Å². The van der Waals surface area contributed by atoms with Crippen LogP contribution in [0.4, 0.5) is 4.79 Å². The number of amides is 2. The highest BCUT2D eigenvalue weighted by Gasteiger charge is 2.36. The van der Waals surface area contributed by atoms with E-state index in [0.717, 1.165) is 13.0 Å². The summed E-state index contributed by atoms with van der Waals surface area (Å²) in [6.45, 7) is 6.81. The van der Waals surface area contributed by atoms with Crippen LogP contribution in [0.1, 0.15) is 26.2 Å². The fourth-order valence-electron chi connectivity index (χ4n) is 3.07. The number of likely N-dealkylation sites (tertiary alicyclic amines) is 2. The molecular weight excluding hydrogens is 258 g/mol. The molecule has 2 amide bonds. The van der Waals surface area contributed by atoms with Crippen LogP contribution in [-0.2, 0) is 4.79 Å². The number of carboxylic acid groups (broad SMARTS) is 1. The molecule has 114 valence electrons. The molecule has 0 aromatic carbocycles. The Morgan fingerprint density at radius 3 is 2.55 bits per heavy atom. The van der Waals surface area contributed by atoms with E-state index in [4.69, 9.17) is 5.11 Å². The molecule has 2 rings (SSSR count). The first-order valence-corrected chi connectivity index (χ1v) is 7.56. The second-order valence-electron chi connectivity index (χ2n) is 5.96. The third kappa shape index (κ3) is 3.85. The number of nitrogens with one attached hydrogen (secondary N) is 1. The third-order valence-corrected chi connectivity index (χ3v) is 4.34. The molecule has 2 N–H and O–H groups in total. The molecule has 2 saturated heterocycles. The molecule has 2 aliphatic heterocycles. The van der Waals surface area contributed by atoms with Crippen molar-refractivity contribution in [3.8, 4) is 0 Å². The Hall–Kier alpha value is -1.30. The summed E-state index contributed by atoms with van der Waals surface area (Å²) >= 11 is 0. The lowest BCUT2D eigenvalue weighted by atomic mass is 9.99. The van der Waals surface area contributed by atoms with E-state index >= 15 is 0 Å². The first kappa shape index (κ1) is 15.1. The lowest BCUT2D eigenvalue weighted by molar-refractivity contribution is -0.142. The first-order chi connectivity index (χ1) is 9.58. The number of nitrogens with zero attached hydrogens (tertiary/aromatic N) is 2. The highest BCUT2D eigenvalue weighted by Crippen LogP contribution is 2.22. The van der Waals surface area contributed by atoms with Gasteiger partial charge in [0.25, 0.3) is 0 Å². The molecule has 0 aromatic rings. The molecule has 20 heavy (non-hydrogen) atoms. The molecule has 2 unspecified atom stereocenters. The lowest BCUT2D eigenvalue weighted by Gasteiger charge is -2.18. The highest BCUT2D eigenvalue weighted by molar-refractivity contribution is 5.77. The van der Waals surface area contributed by atoms with Crippen molar-refractivity contribution in [2.24, 2.45) is 11.8 Å². The quantitative estimate of drug-likeness (QED) is 0.733. The van der Waals surface area contributed by atoms with Crippen LogP contribution in [-0.4, -0.2) is 66.2 Å². The Balaban J connectivity index is 1.63. The minimum Gasteiger partial charge on any atom is -0.481 e. The van der Waals surface area contributed by atoms with Crippen LogP contribution in [0.2, 0.25) is 0 Å². The zero-order chi connectivity index (χ0) is 14.5. The van der Waals surface area contributed by atoms with Gasteiger partial charge in [0.2, 0.25) is 0 Å². The van der Waals surface area contributed by atoms with Gasteiger partial charge in [-0.3, -0.25) is 4.79 Å². The van der Waals surface area contributed by atoms with Gasteiger partial charge < -0.3 is 20.2 Å². The number of rotatable bonds is 5. The predicted octanol–water partition coefficient (Wildman–Crippen LogP) is 0.834. The number of carboxylic acids is 1. The van der Waals surface area contributed by atoms with Gasteiger partial charge in [0.05, 0.1) is 5.92 Å². The van der Waals surface area contributed by atoms with Crippen LogP contribution in [0.25, 0.3) is 0 Å². The number of carbonyl (C=O) groups excluding carboxylic acids is 1. The monoisotopic (exact) mass is 283 g/mol. The van der Waals surface area contributed by atoms with Crippen LogP contribution in [0.5, 0.6) is 0 Å². The van der Waals surface area contributed by atoms with Crippen LogP contribution in [0.3, 0.4) is 0 Å². The van der Waals surface area contributed by atoms with Crippen LogP contribution in [0.15, 0.2) is 0 Å². The molecular formula is C14H25N3O3. The van der Waals surface area contributed by atoms with Crippen LogP contribution in [0, 0.1) is 11.8 Å². The Kier molecular flexibility index (Phi) is 5.23. The van der Waals surface area contributed by atoms with Crippen molar-refractivity contribution in [3.63, 3.8) is 0 Å². The van der Waals surface area contributed by atoms with Gasteiger partial charge in [-0.15, -0.1) is 0 Å². The molecule has 0 radical (unpaired) electrons. The molecule has 0 aromatic heterocycles. The van der Waals surface area contributed by atoms with Crippen LogP contribution < -0.4 is 5.32 Å². The van der Waals surface area contributed by atoms with Gasteiger partial charge in [-0.1, -0.05) is 6.92 Å². The second-order valence-corrected chi connectivity index (χ2v) is 5.96. The van der Waals surface area contributed by atoms with E-state index in [2.05, 4.69) is 10.2 Å². The molecule has 6 nitrogen and oxygen atoms in total. The molecule has 2 heterocycles. The molecule has 2 atom stereocenters. The highest BCUT2D eigenvalue weighted by atomic mass is 16.4. The van der Waals surface area contributed by atoms with E-state index in [9.17, 15) is 9.59 Å². The van der Waals surface area contributed by atoms with Crippen molar-refractivity contribution in [2.75, 3.05) is 39.3 Å².